The van der Waals surface area contributed by atoms with Crippen LogP contribution < -0.4 is 0 Å². The predicted molar refractivity (Wildman–Crippen MR) is 51.0 cm³/mol. The van der Waals surface area contributed by atoms with Crippen LogP contribution in [0.25, 0.3) is 0 Å². The normalized spacial score (nSPS) is 8.73. The fourth-order valence-electron chi connectivity index (χ4n) is 0. The third kappa shape index (κ3) is 34.2. The van der Waals surface area contributed by atoms with E-state index in [1.807, 2.05) is 27.7 Å². The number of hydrogen-bond donors (Lipinski definition) is 2. The molecule has 0 aromatic rings. The van der Waals surface area contributed by atoms with Gasteiger partial charge in [0, 0.05) is 13.2 Å². The average Bonchev–Trinajstić information content (AvgIpc) is 1.89. The van der Waals surface area contributed by atoms with E-state index in [4.69, 9.17) is 10.2 Å². The Morgan fingerprint density at radius 2 is 0.909 bits per heavy atom. The second-order valence-electron chi connectivity index (χ2n) is 3.15. The summed E-state index contributed by atoms with van der Waals surface area (Å²) in [6, 6.07) is 0. The van der Waals surface area contributed by atoms with Crippen LogP contribution >= 0.6 is 0 Å². The molecule has 0 aliphatic heterocycles. The van der Waals surface area contributed by atoms with Gasteiger partial charge in [0.2, 0.25) is 0 Å². The fraction of sp³-hybridized carbons (Fsp3) is 1.00. The first kappa shape index (κ1) is 18.4. The van der Waals surface area contributed by atoms with Crippen LogP contribution in [0.15, 0.2) is 0 Å². The maximum absolute atomic E-state index is 8.14. The van der Waals surface area contributed by atoms with E-state index >= 15 is 0 Å². The van der Waals surface area contributed by atoms with Crippen molar-refractivity contribution in [2.45, 2.75) is 27.7 Å². The van der Waals surface area contributed by atoms with Crippen molar-refractivity contribution in [2.24, 2.45) is 11.8 Å². The Hall–Kier alpha value is 1.56. The molecule has 0 rings (SSSR count). The Bertz CT molecular complexity index is 48.1. The molecule has 11 heavy (non-hydrogen) atoms. The molecule has 0 aromatic heterocycles. The third-order valence-corrected chi connectivity index (χ3v) is 0.730. The zero-order valence-electron chi connectivity index (χ0n) is 7.46. The molecule has 2 N–H and O–H groups in total. The van der Waals surface area contributed by atoms with Crippen molar-refractivity contribution in [1.82, 2.24) is 0 Å². The summed E-state index contributed by atoms with van der Waals surface area (Å²) in [6.07, 6.45) is 0. The van der Waals surface area contributed by atoms with Gasteiger partial charge in [0.1, 0.15) is 0 Å². The second kappa shape index (κ2) is 14.1. The van der Waals surface area contributed by atoms with Crippen LogP contribution in [0.1, 0.15) is 27.7 Å². The van der Waals surface area contributed by atoms with Gasteiger partial charge in [0.05, 0.1) is 0 Å². The average molecular weight is 188 g/mol. The van der Waals surface area contributed by atoms with Gasteiger partial charge in [-0.2, -0.15) is 0 Å². The molecule has 0 fully saturated rings. The molecule has 0 saturated heterocycles. The first-order valence-corrected chi connectivity index (χ1v) is 3.76. The van der Waals surface area contributed by atoms with Gasteiger partial charge >= 0.3 is 51.4 Å². The maximum atomic E-state index is 8.14. The Morgan fingerprint density at radius 1 is 0.818 bits per heavy atom. The molecule has 0 spiro atoms. The van der Waals surface area contributed by atoms with E-state index in [1.165, 1.54) is 0 Å². The molecule has 2 nitrogen and oxygen atoms in total. The minimum atomic E-state index is 0. The van der Waals surface area contributed by atoms with Gasteiger partial charge in [0.15, 0.2) is 0 Å². The van der Waals surface area contributed by atoms with Crippen molar-refractivity contribution < 1.29 is 10.2 Å². The molecule has 0 radical (unpaired) electrons. The van der Waals surface area contributed by atoms with Crippen LogP contribution in [0, 0.1) is 11.8 Å². The number of aliphatic hydroxyl groups excluding tert-OH is 2. The molecule has 0 saturated carbocycles. The minimum absolute atomic E-state index is 0. The van der Waals surface area contributed by atoms with Crippen molar-refractivity contribution in [3.05, 3.63) is 0 Å². The fourth-order valence-corrected chi connectivity index (χ4v) is 0. The second-order valence-corrected chi connectivity index (χ2v) is 3.15. The van der Waals surface area contributed by atoms with Crippen molar-refractivity contribution in [1.29, 1.82) is 0 Å². The van der Waals surface area contributed by atoms with Crippen LogP contribution in [0.2, 0.25) is 0 Å². The zero-order chi connectivity index (χ0) is 8.57. The predicted octanol–water partition coefficient (Wildman–Crippen LogP) is 0.621. The van der Waals surface area contributed by atoms with E-state index in [1.54, 1.807) is 0 Å². The summed E-state index contributed by atoms with van der Waals surface area (Å²) in [4.78, 5) is 0. The van der Waals surface area contributed by atoms with Gasteiger partial charge in [-0.05, 0) is 11.8 Å². The van der Waals surface area contributed by atoms with Crippen LogP contribution in [0.4, 0.5) is 0 Å². The molecule has 3 heteroatoms. The van der Waals surface area contributed by atoms with Crippen molar-refractivity contribution in [2.75, 3.05) is 13.2 Å². The van der Waals surface area contributed by atoms with E-state index in [2.05, 4.69) is 0 Å². The molecule has 0 bridgehead atoms. The van der Waals surface area contributed by atoms with Crippen molar-refractivity contribution >= 4 is 51.4 Å². The van der Waals surface area contributed by atoms with E-state index in [-0.39, 0.29) is 51.4 Å². The Balaban J connectivity index is -0.000000107. The Labute approximate surface area is 113 Å². The summed E-state index contributed by atoms with van der Waals surface area (Å²) < 4.78 is 0. The topological polar surface area (TPSA) is 40.5 Å². The standard InChI is InChI=1S/2C4H10O.K.H/c2*1-4(2)3-5;;/h2*4-5H,3H2,1-2H3;;. The summed E-state index contributed by atoms with van der Waals surface area (Å²) >= 11 is 0. The molecule has 0 heterocycles. The van der Waals surface area contributed by atoms with Gasteiger partial charge in [0.25, 0.3) is 0 Å². The van der Waals surface area contributed by atoms with Crippen LogP contribution in [-0.4, -0.2) is 74.8 Å². The molecule has 0 amide bonds. The van der Waals surface area contributed by atoms with Crippen LogP contribution in [0.5, 0.6) is 0 Å². The number of rotatable bonds is 2. The van der Waals surface area contributed by atoms with E-state index < -0.39 is 0 Å². The van der Waals surface area contributed by atoms with Crippen molar-refractivity contribution in [3.63, 3.8) is 0 Å². The first-order chi connectivity index (χ1) is 4.54. The summed E-state index contributed by atoms with van der Waals surface area (Å²) in [6.45, 7) is 8.50. The van der Waals surface area contributed by atoms with Gasteiger partial charge in [-0.15, -0.1) is 0 Å². The van der Waals surface area contributed by atoms with Gasteiger partial charge in [-0.25, -0.2) is 0 Å². The molecular formula is C8H21KO2. The van der Waals surface area contributed by atoms with Crippen LogP contribution in [0.3, 0.4) is 0 Å². The molecule has 0 unspecified atom stereocenters. The first-order valence-electron chi connectivity index (χ1n) is 3.76. The van der Waals surface area contributed by atoms with Gasteiger partial charge in [-0.3, -0.25) is 0 Å². The Kier molecular flexibility index (Phi) is 23.5. The SMILES string of the molecule is CC(C)CO.CC(C)CO.[KH]. The monoisotopic (exact) mass is 188 g/mol. The summed E-state index contributed by atoms with van der Waals surface area (Å²) in [7, 11) is 0. The number of hydrogen-bond acceptors (Lipinski definition) is 2. The van der Waals surface area contributed by atoms with Crippen molar-refractivity contribution in [3.8, 4) is 0 Å². The summed E-state index contributed by atoms with van der Waals surface area (Å²) in [5.74, 6) is 0.880. The molecule has 0 aliphatic rings. The molecule has 66 valence electrons. The van der Waals surface area contributed by atoms with Gasteiger partial charge < -0.3 is 10.2 Å². The van der Waals surface area contributed by atoms with E-state index in [0.717, 1.165) is 0 Å². The quantitative estimate of drug-likeness (QED) is 0.624. The molecule has 0 aromatic carbocycles. The summed E-state index contributed by atoms with van der Waals surface area (Å²) in [5, 5.41) is 16.3. The Morgan fingerprint density at radius 3 is 0.909 bits per heavy atom. The van der Waals surface area contributed by atoms with Gasteiger partial charge in [-0.1, -0.05) is 27.7 Å². The van der Waals surface area contributed by atoms with Crippen LogP contribution in [-0.2, 0) is 0 Å². The summed E-state index contributed by atoms with van der Waals surface area (Å²) in [5.41, 5.74) is 0. The third-order valence-electron chi connectivity index (χ3n) is 0.730. The molecular weight excluding hydrogens is 167 g/mol. The van der Waals surface area contributed by atoms with E-state index in [0.29, 0.717) is 25.0 Å². The molecule has 0 aliphatic carbocycles. The number of aliphatic hydroxyl groups is 2. The van der Waals surface area contributed by atoms with E-state index in [9.17, 15) is 0 Å². The molecule has 0 atom stereocenters. The zero-order valence-corrected chi connectivity index (χ0v) is 7.46.